The molecule has 7 heteroatoms. The molecule has 0 spiro atoms. The molecule has 1 aliphatic heterocycles. The summed E-state index contributed by atoms with van der Waals surface area (Å²) in [5, 5.41) is 21.0. The summed E-state index contributed by atoms with van der Waals surface area (Å²) in [4.78, 5) is 16.1. The van der Waals surface area contributed by atoms with Crippen molar-refractivity contribution < 1.29 is 14.4 Å². The molecule has 0 saturated carbocycles. The van der Waals surface area contributed by atoms with E-state index < -0.39 is 16.3 Å². The first-order valence-electron chi connectivity index (χ1n) is 6.08. The van der Waals surface area contributed by atoms with Gasteiger partial charge in [0.05, 0.1) is 22.0 Å². The molecule has 2 heterocycles. The Morgan fingerprint density at radius 3 is 2.85 bits per heavy atom. The van der Waals surface area contributed by atoms with Gasteiger partial charge in [-0.2, -0.15) is 0 Å². The Hall–Kier alpha value is -2.28. The van der Waals surface area contributed by atoms with Crippen LogP contribution in [-0.2, 0) is 0 Å². The van der Waals surface area contributed by atoms with E-state index in [-0.39, 0.29) is 30.0 Å². The zero-order valence-corrected chi connectivity index (χ0v) is 10.7. The summed E-state index contributed by atoms with van der Waals surface area (Å²) < 4.78 is 14.2. The van der Waals surface area contributed by atoms with Crippen molar-refractivity contribution in [2.24, 2.45) is 0 Å². The zero-order chi connectivity index (χ0) is 14.5. The summed E-state index contributed by atoms with van der Waals surface area (Å²) in [7, 11) is 0. The molecule has 1 aromatic heterocycles. The fourth-order valence-corrected chi connectivity index (χ4v) is 2.57. The molecule has 0 aliphatic carbocycles. The highest BCUT2D eigenvalue weighted by atomic mass is 19.1. The number of aliphatic hydroxyl groups is 1. The molecule has 1 saturated heterocycles. The third-order valence-corrected chi connectivity index (χ3v) is 3.37. The standard InChI is InChI=1S/C13H12FN3O3/c1-13(18)6-16(7-13)12-9(14)5-10(17(19)20)8-3-2-4-15-11(8)12/h2-5,18H,6-7H2,1H3. The largest absolute Gasteiger partial charge is 0.386 e. The summed E-state index contributed by atoms with van der Waals surface area (Å²) in [6.45, 7) is 2.20. The molecule has 0 amide bonds. The van der Waals surface area contributed by atoms with Gasteiger partial charge in [0.15, 0.2) is 5.82 Å². The molecular formula is C13H12FN3O3. The number of pyridine rings is 1. The predicted octanol–water partition coefficient (Wildman–Crippen LogP) is 1.85. The lowest BCUT2D eigenvalue weighted by Gasteiger charge is -2.45. The van der Waals surface area contributed by atoms with E-state index in [4.69, 9.17) is 0 Å². The fraction of sp³-hybridized carbons (Fsp3) is 0.308. The molecular weight excluding hydrogens is 265 g/mol. The van der Waals surface area contributed by atoms with Crippen molar-refractivity contribution in [1.29, 1.82) is 0 Å². The van der Waals surface area contributed by atoms with Gasteiger partial charge in [0, 0.05) is 19.3 Å². The third kappa shape index (κ3) is 1.87. The van der Waals surface area contributed by atoms with Crippen LogP contribution < -0.4 is 4.90 Å². The van der Waals surface area contributed by atoms with Gasteiger partial charge in [0.1, 0.15) is 11.2 Å². The lowest BCUT2D eigenvalue weighted by Crippen LogP contribution is -2.60. The molecule has 6 nitrogen and oxygen atoms in total. The Bertz CT molecular complexity index is 709. The number of nitrogens with zero attached hydrogens (tertiary/aromatic N) is 3. The summed E-state index contributed by atoms with van der Waals surface area (Å²) in [5.41, 5.74) is -0.718. The highest BCUT2D eigenvalue weighted by Crippen LogP contribution is 2.38. The number of halogens is 1. The van der Waals surface area contributed by atoms with Gasteiger partial charge in [-0.3, -0.25) is 15.1 Å². The summed E-state index contributed by atoms with van der Waals surface area (Å²) in [6.07, 6.45) is 1.47. The molecule has 2 aromatic rings. The maximum atomic E-state index is 14.2. The Morgan fingerprint density at radius 2 is 2.25 bits per heavy atom. The van der Waals surface area contributed by atoms with Crippen LogP contribution in [0.15, 0.2) is 24.4 Å². The van der Waals surface area contributed by atoms with Crippen molar-refractivity contribution in [3.8, 4) is 0 Å². The van der Waals surface area contributed by atoms with E-state index in [9.17, 15) is 19.6 Å². The number of hydrogen-bond donors (Lipinski definition) is 1. The number of benzene rings is 1. The van der Waals surface area contributed by atoms with Gasteiger partial charge >= 0.3 is 0 Å². The number of aromatic nitrogens is 1. The SMILES string of the molecule is CC1(O)CN(c2c(F)cc([N+](=O)[O-])c3cccnc23)C1. The molecule has 0 unspecified atom stereocenters. The lowest BCUT2D eigenvalue weighted by molar-refractivity contribution is -0.383. The van der Waals surface area contributed by atoms with Crippen LogP contribution in [0.1, 0.15) is 6.92 Å². The zero-order valence-electron chi connectivity index (χ0n) is 10.7. The van der Waals surface area contributed by atoms with Crippen LogP contribution in [0, 0.1) is 15.9 Å². The normalized spacial score (nSPS) is 17.1. The minimum atomic E-state index is -0.866. The number of nitro benzene ring substituents is 1. The fourth-order valence-electron chi connectivity index (χ4n) is 2.57. The van der Waals surface area contributed by atoms with Crippen LogP contribution in [0.25, 0.3) is 10.9 Å². The van der Waals surface area contributed by atoms with Crippen LogP contribution in [0.5, 0.6) is 0 Å². The van der Waals surface area contributed by atoms with Crippen molar-refractivity contribution in [3.63, 3.8) is 0 Å². The summed E-state index contributed by atoms with van der Waals surface area (Å²) in [6, 6.07) is 4.02. The second-order valence-corrected chi connectivity index (χ2v) is 5.24. The van der Waals surface area contributed by atoms with E-state index in [1.54, 1.807) is 24.0 Å². The number of hydrogen-bond acceptors (Lipinski definition) is 5. The van der Waals surface area contributed by atoms with Crippen molar-refractivity contribution in [2.45, 2.75) is 12.5 Å². The first-order chi connectivity index (χ1) is 9.39. The molecule has 3 rings (SSSR count). The second-order valence-electron chi connectivity index (χ2n) is 5.24. The number of anilines is 1. The van der Waals surface area contributed by atoms with Crippen molar-refractivity contribution >= 4 is 22.3 Å². The number of non-ortho nitro benzene ring substituents is 1. The van der Waals surface area contributed by atoms with Crippen LogP contribution in [-0.4, -0.2) is 33.7 Å². The molecule has 1 aliphatic rings. The molecule has 0 atom stereocenters. The molecule has 0 bridgehead atoms. The topological polar surface area (TPSA) is 79.5 Å². The Balaban J connectivity index is 2.21. The van der Waals surface area contributed by atoms with Crippen LogP contribution in [0.3, 0.4) is 0 Å². The Kier molecular flexibility index (Phi) is 2.62. The van der Waals surface area contributed by atoms with Crippen molar-refractivity contribution in [3.05, 3.63) is 40.3 Å². The van der Waals surface area contributed by atoms with Gasteiger partial charge < -0.3 is 10.0 Å². The molecule has 0 radical (unpaired) electrons. The maximum Gasteiger partial charge on any atom is 0.281 e. The minimum Gasteiger partial charge on any atom is -0.386 e. The van der Waals surface area contributed by atoms with E-state index in [1.165, 1.54) is 6.20 Å². The average molecular weight is 277 g/mol. The Morgan fingerprint density at radius 1 is 1.55 bits per heavy atom. The van der Waals surface area contributed by atoms with Crippen LogP contribution in [0.2, 0.25) is 0 Å². The molecule has 1 fully saturated rings. The van der Waals surface area contributed by atoms with Gasteiger partial charge in [-0.05, 0) is 19.1 Å². The van der Waals surface area contributed by atoms with E-state index in [1.807, 2.05) is 0 Å². The van der Waals surface area contributed by atoms with E-state index in [0.717, 1.165) is 6.07 Å². The second kappa shape index (κ2) is 4.11. The number of rotatable bonds is 2. The molecule has 1 aromatic carbocycles. The van der Waals surface area contributed by atoms with Crippen molar-refractivity contribution in [2.75, 3.05) is 18.0 Å². The smallest absolute Gasteiger partial charge is 0.281 e. The molecule has 1 N–H and O–H groups in total. The summed E-state index contributed by atoms with van der Waals surface area (Å²) in [5.74, 6) is -0.696. The first kappa shape index (κ1) is 12.7. The van der Waals surface area contributed by atoms with Gasteiger partial charge in [-0.25, -0.2) is 4.39 Å². The van der Waals surface area contributed by atoms with Gasteiger partial charge in [0.25, 0.3) is 5.69 Å². The minimum absolute atomic E-state index is 0.206. The number of nitro groups is 1. The van der Waals surface area contributed by atoms with E-state index in [2.05, 4.69) is 4.98 Å². The third-order valence-electron chi connectivity index (χ3n) is 3.37. The lowest BCUT2D eigenvalue weighted by atomic mass is 9.95. The van der Waals surface area contributed by atoms with E-state index in [0.29, 0.717) is 5.39 Å². The highest BCUT2D eigenvalue weighted by molar-refractivity contribution is 5.97. The summed E-state index contributed by atoms with van der Waals surface area (Å²) >= 11 is 0. The van der Waals surface area contributed by atoms with Gasteiger partial charge in [0.2, 0.25) is 0 Å². The van der Waals surface area contributed by atoms with Gasteiger partial charge in [-0.15, -0.1) is 0 Å². The highest BCUT2D eigenvalue weighted by Gasteiger charge is 2.39. The number of fused-ring (bicyclic) bond motifs is 1. The first-order valence-corrected chi connectivity index (χ1v) is 6.08. The van der Waals surface area contributed by atoms with Gasteiger partial charge in [-0.1, -0.05) is 0 Å². The molecule has 20 heavy (non-hydrogen) atoms. The maximum absolute atomic E-state index is 14.2. The predicted molar refractivity (Wildman–Crippen MR) is 71.2 cm³/mol. The van der Waals surface area contributed by atoms with Crippen LogP contribution >= 0.6 is 0 Å². The average Bonchev–Trinajstić information content (AvgIpc) is 2.35. The van der Waals surface area contributed by atoms with E-state index >= 15 is 0 Å². The quantitative estimate of drug-likeness (QED) is 0.669. The number of β-amino-alcohol motifs (C(OH)–C–C–N with tert-alkyl or cyclic N) is 1. The van der Waals surface area contributed by atoms with Crippen molar-refractivity contribution in [1.82, 2.24) is 4.98 Å². The molecule has 104 valence electrons. The monoisotopic (exact) mass is 277 g/mol. The van der Waals surface area contributed by atoms with Crippen LogP contribution in [0.4, 0.5) is 15.8 Å². The Labute approximate surface area is 113 Å².